The number of anilines is 1. The van der Waals surface area contributed by atoms with E-state index in [1.165, 1.54) is 0 Å². The molecule has 0 aliphatic heterocycles. The summed E-state index contributed by atoms with van der Waals surface area (Å²) < 4.78 is 0. The SMILES string of the molecule is Nc1nccc2ccc(-c3ccc4[nH]ncc4c3)cc12. The Morgan fingerprint density at radius 1 is 0.900 bits per heavy atom. The summed E-state index contributed by atoms with van der Waals surface area (Å²) >= 11 is 0. The van der Waals surface area contributed by atoms with E-state index in [4.69, 9.17) is 5.73 Å². The van der Waals surface area contributed by atoms with Gasteiger partial charge in [0.1, 0.15) is 5.82 Å². The van der Waals surface area contributed by atoms with Gasteiger partial charge in [-0.15, -0.1) is 0 Å². The van der Waals surface area contributed by atoms with Crippen molar-refractivity contribution in [3.63, 3.8) is 0 Å². The quantitative estimate of drug-likeness (QED) is 0.551. The number of nitrogen functional groups attached to an aromatic ring is 1. The second-order valence-electron chi connectivity index (χ2n) is 4.80. The van der Waals surface area contributed by atoms with E-state index >= 15 is 0 Å². The molecule has 4 aromatic rings. The van der Waals surface area contributed by atoms with Crippen LogP contribution in [0.25, 0.3) is 32.8 Å². The van der Waals surface area contributed by atoms with Gasteiger partial charge in [-0.1, -0.05) is 18.2 Å². The number of pyridine rings is 1. The molecule has 2 aromatic carbocycles. The number of nitrogens with two attached hydrogens (primary N) is 1. The largest absolute Gasteiger partial charge is 0.383 e. The average molecular weight is 260 g/mol. The van der Waals surface area contributed by atoms with Gasteiger partial charge in [-0.05, 0) is 40.8 Å². The van der Waals surface area contributed by atoms with Gasteiger partial charge in [0.2, 0.25) is 0 Å². The maximum absolute atomic E-state index is 5.95. The lowest BCUT2D eigenvalue weighted by Crippen LogP contribution is -1.91. The second kappa shape index (κ2) is 4.06. The van der Waals surface area contributed by atoms with Crippen molar-refractivity contribution in [1.82, 2.24) is 15.2 Å². The third kappa shape index (κ3) is 1.62. The summed E-state index contributed by atoms with van der Waals surface area (Å²) in [5, 5.41) is 10.2. The topological polar surface area (TPSA) is 67.6 Å². The summed E-state index contributed by atoms with van der Waals surface area (Å²) in [6.45, 7) is 0. The summed E-state index contributed by atoms with van der Waals surface area (Å²) in [5.74, 6) is 0.564. The predicted molar refractivity (Wildman–Crippen MR) is 81.2 cm³/mol. The molecule has 0 saturated carbocycles. The Morgan fingerprint density at radius 2 is 1.75 bits per heavy atom. The van der Waals surface area contributed by atoms with Crippen LogP contribution in [0.3, 0.4) is 0 Å². The van der Waals surface area contributed by atoms with E-state index in [-0.39, 0.29) is 0 Å². The van der Waals surface area contributed by atoms with Crippen molar-refractivity contribution < 1.29 is 0 Å². The monoisotopic (exact) mass is 260 g/mol. The molecule has 0 saturated heterocycles. The first kappa shape index (κ1) is 11.0. The first-order chi connectivity index (χ1) is 9.81. The van der Waals surface area contributed by atoms with Gasteiger partial charge in [-0.2, -0.15) is 5.10 Å². The van der Waals surface area contributed by atoms with Crippen molar-refractivity contribution in [2.24, 2.45) is 0 Å². The lowest BCUT2D eigenvalue weighted by Gasteiger charge is -2.06. The second-order valence-corrected chi connectivity index (χ2v) is 4.80. The van der Waals surface area contributed by atoms with Crippen LogP contribution in [0.5, 0.6) is 0 Å². The van der Waals surface area contributed by atoms with Crippen LogP contribution in [0.4, 0.5) is 5.82 Å². The minimum atomic E-state index is 0.564. The molecule has 2 heterocycles. The van der Waals surface area contributed by atoms with E-state index in [1.807, 2.05) is 18.3 Å². The summed E-state index contributed by atoms with van der Waals surface area (Å²) in [6.07, 6.45) is 3.56. The van der Waals surface area contributed by atoms with Gasteiger partial charge in [0.25, 0.3) is 0 Å². The molecule has 0 spiro atoms. The molecule has 20 heavy (non-hydrogen) atoms. The summed E-state index contributed by atoms with van der Waals surface area (Å²) in [6, 6.07) is 14.5. The van der Waals surface area contributed by atoms with Crippen LogP contribution < -0.4 is 5.73 Å². The van der Waals surface area contributed by atoms with Gasteiger partial charge < -0.3 is 5.73 Å². The van der Waals surface area contributed by atoms with E-state index in [0.717, 1.165) is 32.8 Å². The van der Waals surface area contributed by atoms with Crippen molar-refractivity contribution in [1.29, 1.82) is 0 Å². The van der Waals surface area contributed by atoms with E-state index < -0.39 is 0 Å². The van der Waals surface area contributed by atoms with Gasteiger partial charge >= 0.3 is 0 Å². The highest BCUT2D eigenvalue weighted by Crippen LogP contribution is 2.28. The highest BCUT2D eigenvalue weighted by atomic mass is 15.1. The summed E-state index contributed by atoms with van der Waals surface area (Å²) in [7, 11) is 0. The van der Waals surface area contributed by atoms with Gasteiger partial charge in [0.05, 0.1) is 11.7 Å². The molecular formula is C16H12N4. The van der Waals surface area contributed by atoms with Crippen molar-refractivity contribution in [3.8, 4) is 11.1 Å². The molecular weight excluding hydrogens is 248 g/mol. The number of nitrogens with zero attached hydrogens (tertiary/aromatic N) is 2. The Bertz CT molecular complexity index is 924. The molecule has 0 bridgehead atoms. The molecule has 0 radical (unpaired) electrons. The smallest absolute Gasteiger partial charge is 0.131 e. The summed E-state index contributed by atoms with van der Waals surface area (Å²) in [4.78, 5) is 4.15. The molecule has 4 rings (SSSR count). The van der Waals surface area contributed by atoms with Gasteiger partial charge in [0.15, 0.2) is 0 Å². The number of rotatable bonds is 1. The van der Waals surface area contributed by atoms with Crippen molar-refractivity contribution in [3.05, 3.63) is 54.9 Å². The fraction of sp³-hybridized carbons (Fsp3) is 0. The minimum Gasteiger partial charge on any atom is -0.383 e. The van der Waals surface area contributed by atoms with E-state index in [0.29, 0.717) is 5.82 Å². The van der Waals surface area contributed by atoms with Crippen LogP contribution >= 0.6 is 0 Å². The molecule has 3 N–H and O–H groups in total. The van der Waals surface area contributed by atoms with Gasteiger partial charge in [-0.25, -0.2) is 4.98 Å². The maximum atomic E-state index is 5.95. The van der Waals surface area contributed by atoms with E-state index in [2.05, 4.69) is 45.5 Å². The van der Waals surface area contributed by atoms with Crippen molar-refractivity contribution >= 4 is 27.5 Å². The molecule has 2 aromatic heterocycles. The van der Waals surface area contributed by atoms with Gasteiger partial charge in [-0.3, -0.25) is 5.10 Å². The number of benzene rings is 2. The predicted octanol–water partition coefficient (Wildman–Crippen LogP) is 3.36. The Hall–Kier alpha value is -2.88. The fourth-order valence-electron chi connectivity index (χ4n) is 2.49. The number of aromatic amines is 1. The Kier molecular flexibility index (Phi) is 2.23. The normalized spacial score (nSPS) is 11.2. The number of fused-ring (bicyclic) bond motifs is 2. The average Bonchev–Trinajstić information content (AvgIpc) is 2.95. The highest BCUT2D eigenvalue weighted by molar-refractivity contribution is 5.95. The van der Waals surface area contributed by atoms with Gasteiger partial charge in [0, 0.05) is 17.0 Å². The molecule has 0 aliphatic rings. The standard InChI is InChI=1S/C16H12N4/c17-16-14-8-12(2-1-10(14)5-6-18-16)11-3-4-15-13(7-11)9-19-20-15/h1-9H,(H2,17,18)(H,19,20). The van der Waals surface area contributed by atoms with Crippen LogP contribution in [-0.4, -0.2) is 15.2 Å². The number of hydrogen-bond donors (Lipinski definition) is 2. The van der Waals surface area contributed by atoms with Crippen molar-refractivity contribution in [2.75, 3.05) is 5.73 Å². The molecule has 0 aliphatic carbocycles. The van der Waals surface area contributed by atoms with Crippen LogP contribution in [-0.2, 0) is 0 Å². The molecule has 4 heteroatoms. The van der Waals surface area contributed by atoms with Crippen molar-refractivity contribution in [2.45, 2.75) is 0 Å². The number of H-pyrrole nitrogens is 1. The first-order valence-corrected chi connectivity index (χ1v) is 6.39. The Labute approximate surface area is 115 Å². The molecule has 96 valence electrons. The molecule has 4 nitrogen and oxygen atoms in total. The molecule has 0 amide bonds. The van der Waals surface area contributed by atoms with Crippen LogP contribution in [0.15, 0.2) is 54.9 Å². The van der Waals surface area contributed by atoms with E-state index in [9.17, 15) is 0 Å². The zero-order chi connectivity index (χ0) is 13.5. The van der Waals surface area contributed by atoms with Crippen LogP contribution in [0.2, 0.25) is 0 Å². The van der Waals surface area contributed by atoms with Crippen LogP contribution in [0, 0.1) is 0 Å². The lowest BCUT2D eigenvalue weighted by atomic mass is 10.0. The lowest BCUT2D eigenvalue weighted by molar-refractivity contribution is 1.12. The number of nitrogens with one attached hydrogen (secondary N) is 1. The maximum Gasteiger partial charge on any atom is 0.131 e. The Balaban J connectivity index is 1.94. The molecule has 0 atom stereocenters. The van der Waals surface area contributed by atoms with Crippen LogP contribution in [0.1, 0.15) is 0 Å². The fourth-order valence-corrected chi connectivity index (χ4v) is 2.49. The summed E-state index contributed by atoms with van der Waals surface area (Å²) in [5.41, 5.74) is 9.26. The minimum absolute atomic E-state index is 0.564. The molecule has 0 fully saturated rings. The zero-order valence-corrected chi connectivity index (χ0v) is 10.7. The molecule has 0 unspecified atom stereocenters. The number of hydrogen-bond acceptors (Lipinski definition) is 3. The highest BCUT2D eigenvalue weighted by Gasteiger charge is 2.04. The Morgan fingerprint density at radius 3 is 2.70 bits per heavy atom. The third-order valence-electron chi connectivity index (χ3n) is 3.57. The zero-order valence-electron chi connectivity index (χ0n) is 10.7. The first-order valence-electron chi connectivity index (χ1n) is 6.39. The third-order valence-corrected chi connectivity index (χ3v) is 3.57. The number of aromatic nitrogens is 3. The van der Waals surface area contributed by atoms with E-state index in [1.54, 1.807) is 6.20 Å².